The SMILES string of the molecule is O=C(NCc1ccccc1)c1ccc2[nH]nc(NC(=O)c3ccc(F)cc3)c2c1. The van der Waals surface area contributed by atoms with Crippen LogP contribution in [0, 0.1) is 5.82 Å². The van der Waals surface area contributed by atoms with E-state index in [0.29, 0.717) is 34.4 Å². The Kier molecular flexibility index (Phi) is 5.03. The summed E-state index contributed by atoms with van der Waals surface area (Å²) in [5.74, 6) is -0.768. The van der Waals surface area contributed by atoms with Crippen LogP contribution in [0.25, 0.3) is 10.9 Å². The van der Waals surface area contributed by atoms with Gasteiger partial charge in [0.1, 0.15) is 5.82 Å². The van der Waals surface area contributed by atoms with Gasteiger partial charge in [-0.1, -0.05) is 30.3 Å². The van der Waals surface area contributed by atoms with E-state index in [1.54, 1.807) is 18.2 Å². The Hall–Kier alpha value is -4.00. The summed E-state index contributed by atoms with van der Waals surface area (Å²) in [6.07, 6.45) is 0. The molecule has 0 aliphatic carbocycles. The Morgan fingerprint density at radius 3 is 2.38 bits per heavy atom. The topological polar surface area (TPSA) is 86.9 Å². The highest BCUT2D eigenvalue weighted by atomic mass is 19.1. The highest BCUT2D eigenvalue weighted by Crippen LogP contribution is 2.22. The number of aromatic amines is 1. The molecule has 4 aromatic rings. The molecule has 0 radical (unpaired) electrons. The molecule has 3 aromatic carbocycles. The number of H-pyrrole nitrogens is 1. The van der Waals surface area contributed by atoms with E-state index in [-0.39, 0.29) is 5.91 Å². The Bertz CT molecular complexity index is 1170. The second-order valence-electron chi connectivity index (χ2n) is 6.46. The smallest absolute Gasteiger partial charge is 0.256 e. The summed E-state index contributed by atoms with van der Waals surface area (Å²) in [5, 5.41) is 13.1. The lowest BCUT2D eigenvalue weighted by Gasteiger charge is -2.06. The molecular formula is C22H17FN4O2. The molecule has 6 nitrogen and oxygen atoms in total. The molecule has 0 bridgehead atoms. The average molecular weight is 388 g/mol. The molecule has 0 aliphatic heterocycles. The Morgan fingerprint density at radius 1 is 0.897 bits per heavy atom. The van der Waals surface area contributed by atoms with Gasteiger partial charge < -0.3 is 10.6 Å². The van der Waals surface area contributed by atoms with Gasteiger partial charge in [-0.15, -0.1) is 0 Å². The van der Waals surface area contributed by atoms with Gasteiger partial charge in [-0.25, -0.2) is 4.39 Å². The van der Waals surface area contributed by atoms with Gasteiger partial charge in [0.05, 0.1) is 5.52 Å². The number of aromatic nitrogens is 2. The van der Waals surface area contributed by atoms with Crippen LogP contribution in [-0.4, -0.2) is 22.0 Å². The number of halogens is 1. The maximum absolute atomic E-state index is 13.0. The standard InChI is InChI=1S/C22H17FN4O2/c23-17-9-6-15(7-10-17)22(29)25-20-18-12-16(8-11-19(18)26-27-20)21(28)24-13-14-4-2-1-3-5-14/h1-12H,13H2,(H,24,28)(H2,25,26,27,29). The molecule has 1 heterocycles. The van der Waals surface area contributed by atoms with Crippen LogP contribution in [0.3, 0.4) is 0 Å². The third kappa shape index (κ3) is 4.14. The van der Waals surface area contributed by atoms with Crippen molar-refractivity contribution in [3.05, 3.63) is 95.3 Å². The summed E-state index contributed by atoms with van der Waals surface area (Å²) in [5.41, 5.74) is 2.43. The molecular weight excluding hydrogens is 371 g/mol. The van der Waals surface area contributed by atoms with Gasteiger partial charge in [-0.3, -0.25) is 14.7 Å². The van der Waals surface area contributed by atoms with E-state index in [2.05, 4.69) is 20.8 Å². The molecule has 1 aromatic heterocycles. The van der Waals surface area contributed by atoms with E-state index in [1.807, 2.05) is 30.3 Å². The van der Waals surface area contributed by atoms with E-state index >= 15 is 0 Å². The van der Waals surface area contributed by atoms with E-state index in [9.17, 15) is 14.0 Å². The van der Waals surface area contributed by atoms with Crippen molar-refractivity contribution in [2.45, 2.75) is 6.54 Å². The maximum Gasteiger partial charge on any atom is 0.256 e. The zero-order chi connectivity index (χ0) is 20.2. The minimum absolute atomic E-state index is 0.229. The number of nitrogens with zero attached hydrogens (tertiary/aromatic N) is 1. The lowest BCUT2D eigenvalue weighted by molar-refractivity contribution is 0.0950. The predicted molar refractivity (Wildman–Crippen MR) is 108 cm³/mol. The monoisotopic (exact) mass is 388 g/mol. The first kappa shape index (κ1) is 18.4. The van der Waals surface area contributed by atoms with Crippen molar-refractivity contribution in [1.29, 1.82) is 0 Å². The van der Waals surface area contributed by atoms with Crippen LogP contribution >= 0.6 is 0 Å². The summed E-state index contributed by atoms with van der Waals surface area (Å²) in [7, 11) is 0. The van der Waals surface area contributed by atoms with Crippen LogP contribution in [0.2, 0.25) is 0 Å². The minimum Gasteiger partial charge on any atom is -0.348 e. The van der Waals surface area contributed by atoms with Crippen molar-refractivity contribution in [1.82, 2.24) is 15.5 Å². The highest BCUT2D eigenvalue weighted by molar-refractivity contribution is 6.09. The quantitative estimate of drug-likeness (QED) is 0.485. The fraction of sp³-hybridized carbons (Fsp3) is 0.0455. The van der Waals surface area contributed by atoms with Crippen molar-refractivity contribution in [3.63, 3.8) is 0 Å². The number of benzene rings is 3. The van der Waals surface area contributed by atoms with Gasteiger partial charge in [0.2, 0.25) is 0 Å². The molecule has 0 fully saturated rings. The molecule has 144 valence electrons. The maximum atomic E-state index is 13.0. The molecule has 0 saturated carbocycles. The van der Waals surface area contributed by atoms with Gasteiger partial charge >= 0.3 is 0 Å². The van der Waals surface area contributed by atoms with Crippen molar-refractivity contribution in [3.8, 4) is 0 Å². The lowest BCUT2D eigenvalue weighted by Crippen LogP contribution is -2.22. The van der Waals surface area contributed by atoms with Gasteiger partial charge in [0, 0.05) is 23.1 Å². The second-order valence-corrected chi connectivity index (χ2v) is 6.46. The summed E-state index contributed by atoms with van der Waals surface area (Å²) < 4.78 is 13.0. The molecule has 0 aliphatic rings. The van der Waals surface area contributed by atoms with E-state index < -0.39 is 11.7 Å². The van der Waals surface area contributed by atoms with Crippen LogP contribution in [0.1, 0.15) is 26.3 Å². The van der Waals surface area contributed by atoms with Crippen LogP contribution in [0.5, 0.6) is 0 Å². The van der Waals surface area contributed by atoms with Gasteiger partial charge in [-0.2, -0.15) is 5.10 Å². The average Bonchev–Trinajstić information content (AvgIpc) is 3.15. The Balaban J connectivity index is 1.52. The minimum atomic E-state index is -0.419. The molecule has 0 spiro atoms. The fourth-order valence-corrected chi connectivity index (χ4v) is 2.91. The van der Waals surface area contributed by atoms with Crippen LogP contribution < -0.4 is 10.6 Å². The first-order valence-corrected chi connectivity index (χ1v) is 8.97. The predicted octanol–water partition coefficient (Wildman–Crippen LogP) is 3.88. The number of amides is 2. The second kappa shape index (κ2) is 7.93. The lowest BCUT2D eigenvalue weighted by atomic mass is 10.1. The van der Waals surface area contributed by atoms with Crippen LogP contribution in [0.4, 0.5) is 10.2 Å². The number of hydrogen-bond donors (Lipinski definition) is 3. The van der Waals surface area contributed by atoms with Crippen molar-refractivity contribution in [2.75, 3.05) is 5.32 Å². The normalized spacial score (nSPS) is 10.7. The van der Waals surface area contributed by atoms with Crippen LogP contribution in [0.15, 0.2) is 72.8 Å². The summed E-state index contributed by atoms with van der Waals surface area (Å²) in [6, 6.07) is 19.9. The number of hydrogen-bond acceptors (Lipinski definition) is 3. The zero-order valence-corrected chi connectivity index (χ0v) is 15.3. The van der Waals surface area contributed by atoms with E-state index in [4.69, 9.17) is 0 Å². The first-order valence-electron chi connectivity index (χ1n) is 8.97. The Morgan fingerprint density at radius 2 is 1.62 bits per heavy atom. The van der Waals surface area contributed by atoms with Gasteiger partial charge in [0.25, 0.3) is 11.8 Å². The molecule has 29 heavy (non-hydrogen) atoms. The molecule has 3 N–H and O–H groups in total. The molecule has 0 atom stereocenters. The number of carbonyl (C=O) groups excluding carboxylic acids is 2. The number of anilines is 1. The summed E-state index contributed by atoms with van der Waals surface area (Å²) in [4.78, 5) is 24.9. The summed E-state index contributed by atoms with van der Waals surface area (Å²) in [6.45, 7) is 0.414. The largest absolute Gasteiger partial charge is 0.348 e. The molecule has 2 amide bonds. The number of nitrogens with one attached hydrogen (secondary N) is 3. The number of carbonyl (C=O) groups is 2. The highest BCUT2D eigenvalue weighted by Gasteiger charge is 2.14. The molecule has 7 heteroatoms. The number of fused-ring (bicyclic) bond motifs is 1. The van der Waals surface area contributed by atoms with Crippen molar-refractivity contribution >= 4 is 28.5 Å². The molecule has 0 saturated heterocycles. The zero-order valence-electron chi connectivity index (χ0n) is 15.3. The van der Waals surface area contributed by atoms with Gasteiger partial charge in [0.15, 0.2) is 5.82 Å². The van der Waals surface area contributed by atoms with Gasteiger partial charge in [-0.05, 0) is 48.0 Å². The number of rotatable bonds is 5. The van der Waals surface area contributed by atoms with Crippen molar-refractivity contribution in [2.24, 2.45) is 0 Å². The summed E-state index contributed by atoms with van der Waals surface area (Å²) >= 11 is 0. The molecule has 0 unspecified atom stereocenters. The third-order valence-electron chi connectivity index (χ3n) is 4.46. The first-order chi connectivity index (χ1) is 14.1. The van der Waals surface area contributed by atoms with E-state index in [0.717, 1.165) is 5.56 Å². The van der Waals surface area contributed by atoms with E-state index in [1.165, 1.54) is 24.3 Å². The van der Waals surface area contributed by atoms with Crippen molar-refractivity contribution < 1.29 is 14.0 Å². The molecule has 4 rings (SSSR count). The fourth-order valence-electron chi connectivity index (χ4n) is 2.91. The van der Waals surface area contributed by atoms with Crippen LogP contribution in [-0.2, 0) is 6.54 Å². The Labute approximate surface area is 165 Å². The third-order valence-corrected chi connectivity index (χ3v) is 4.46.